The van der Waals surface area contributed by atoms with Crippen molar-refractivity contribution >= 4 is 30.4 Å². The van der Waals surface area contributed by atoms with Gasteiger partial charge in [0.1, 0.15) is 5.75 Å². The number of hydrogen-bond acceptors (Lipinski definition) is 3. The molecular formula is C24H26BClO3. The van der Waals surface area contributed by atoms with Crippen molar-refractivity contribution in [2.45, 2.75) is 38.6 Å². The summed E-state index contributed by atoms with van der Waals surface area (Å²) in [7, 11) is -0.774. The van der Waals surface area contributed by atoms with Gasteiger partial charge in [-0.05, 0) is 65.8 Å². The van der Waals surface area contributed by atoms with Crippen LogP contribution in [0.5, 0.6) is 5.75 Å². The molecule has 0 radical (unpaired) electrons. The minimum Gasteiger partial charge on any atom is -0.508 e. The molecule has 1 aliphatic heterocycles. The second-order valence-electron chi connectivity index (χ2n) is 7.21. The van der Waals surface area contributed by atoms with Gasteiger partial charge in [0.05, 0.1) is 11.1 Å². The number of aromatic hydroxyl groups is 1. The van der Waals surface area contributed by atoms with E-state index in [0.717, 1.165) is 47.1 Å². The highest BCUT2D eigenvalue weighted by atomic mass is 35.5. The first-order valence-corrected chi connectivity index (χ1v) is 10.3. The number of halogens is 1. The third kappa shape index (κ3) is 5.63. The lowest BCUT2D eigenvalue weighted by molar-refractivity contribution is 0.184. The minimum absolute atomic E-state index is 0.144. The van der Waals surface area contributed by atoms with Gasteiger partial charge >= 0.3 is 7.12 Å². The zero-order valence-corrected chi connectivity index (χ0v) is 17.4. The van der Waals surface area contributed by atoms with Crippen LogP contribution in [0.3, 0.4) is 0 Å². The van der Waals surface area contributed by atoms with E-state index in [9.17, 15) is 10.1 Å². The van der Waals surface area contributed by atoms with Gasteiger partial charge in [0.25, 0.3) is 0 Å². The molecule has 29 heavy (non-hydrogen) atoms. The summed E-state index contributed by atoms with van der Waals surface area (Å²) < 4.78 is 5.84. The molecule has 3 nitrogen and oxygen atoms in total. The highest BCUT2D eigenvalue weighted by Gasteiger charge is 2.27. The number of phenols is 1. The predicted octanol–water partition coefficient (Wildman–Crippen LogP) is 6.14. The number of benzene rings is 2. The van der Waals surface area contributed by atoms with Crippen molar-refractivity contribution in [3.63, 3.8) is 0 Å². The first-order chi connectivity index (χ1) is 14.0. The normalized spacial score (nSPS) is 17.2. The quantitative estimate of drug-likeness (QED) is 0.427. The SMILES string of the molecule is C=C(CC)C1=CCB(O)OC1CC/C(=C/c1ccc(O)cc1Cl)c1ccccc1. The molecule has 1 atom stereocenters. The van der Waals surface area contributed by atoms with Crippen LogP contribution in [0.4, 0.5) is 0 Å². The topological polar surface area (TPSA) is 49.7 Å². The molecule has 1 unspecified atom stereocenters. The zero-order chi connectivity index (χ0) is 20.8. The number of allylic oxidation sites excluding steroid dienone is 2. The predicted molar refractivity (Wildman–Crippen MR) is 122 cm³/mol. The Hall–Kier alpha value is -2.27. The van der Waals surface area contributed by atoms with Crippen LogP contribution in [0.15, 0.2) is 72.3 Å². The van der Waals surface area contributed by atoms with Crippen molar-refractivity contribution in [3.05, 3.63) is 88.5 Å². The van der Waals surface area contributed by atoms with E-state index in [1.54, 1.807) is 12.1 Å². The molecule has 1 heterocycles. The lowest BCUT2D eigenvalue weighted by atomic mass is 9.77. The summed E-state index contributed by atoms with van der Waals surface area (Å²) in [6, 6.07) is 15.1. The van der Waals surface area contributed by atoms with Gasteiger partial charge in [-0.25, -0.2) is 0 Å². The average Bonchev–Trinajstić information content (AvgIpc) is 2.72. The van der Waals surface area contributed by atoms with Gasteiger partial charge in [-0.2, -0.15) is 0 Å². The smallest absolute Gasteiger partial charge is 0.458 e. The molecule has 2 aromatic rings. The molecular weight excluding hydrogens is 383 g/mol. The van der Waals surface area contributed by atoms with E-state index in [0.29, 0.717) is 11.3 Å². The molecule has 0 aromatic heterocycles. The Balaban J connectivity index is 1.88. The highest BCUT2D eigenvalue weighted by molar-refractivity contribution is 6.43. The maximum absolute atomic E-state index is 9.98. The van der Waals surface area contributed by atoms with E-state index in [1.165, 1.54) is 0 Å². The lowest BCUT2D eigenvalue weighted by Crippen LogP contribution is -2.31. The summed E-state index contributed by atoms with van der Waals surface area (Å²) in [6.07, 6.45) is 6.72. The number of hydrogen-bond donors (Lipinski definition) is 2. The van der Waals surface area contributed by atoms with E-state index < -0.39 is 7.12 Å². The fourth-order valence-corrected chi connectivity index (χ4v) is 3.77. The van der Waals surface area contributed by atoms with Gasteiger partial charge in [0.15, 0.2) is 0 Å². The van der Waals surface area contributed by atoms with Gasteiger partial charge in [-0.1, -0.05) is 67.1 Å². The Kier molecular flexibility index (Phi) is 7.37. The van der Waals surface area contributed by atoms with Gasteiger partial charge in [-0.15, -0.1) is 0 Å². The van der Waals surface area contributed by atoms with E-state index in [-0.39, 0.29) is 11.9 Å². The number of phenolic OH excluding ortho intramolecular Hbond substituents is 1. The van der Waals surface area contributed by atoms with Gasteiger partial charge in [0.2, 0.25) is 0 Å². The lowest BCUT2D eigenvalue weighted by Gasteiger charge is -2.28. The molecule has 0 bridgehead atoms. The molecule has 5 heteroatoms. The van der Waals surface area contributed by atoms with Gasteiger partial charge < -0.3 is 14.8 Å². The Bertz CT molecular complexity index is 921. The largest absolute Gasteiger partial charge is 0.508 e. The maximum atomic E-state index is 9.98. The molecule has 150 valence electrons. The fourth-order valence-electron chi connectivity index (χ4n) is 3.54. The first kappa shape index (κ1) is 21.4. The molecule has 2 aromatic carbocycles. The average molecular weight is 409 g/mol. The van der Waals surface area contributed by atoms with Gasteiger partial charge in [-0.3, -0.25) is 0 Å². The van der Waals surface area contributed by atoms with Crippen molar-refractivity contribution < 1.29 is 14.8 Å². The summed E-state index contributed by atoms with van der Waals surface area (Å²) >= 11 is 6.33. The minimum atomic E-state index is -0.774. The Morgan fingerprint density at radius 3 is 2.72 bits per heavy atom. The molecule has 2 N–H and O–H groups in total. The number of rotatable bonds is 7. The van der Waals surface area contributed by atoms with Crippen LogP contribution in [-0.2, 0) is 4.65 Å². The molecule has 0 saturated carbocycles. The molecule has 1 aliphatic rings. The van der Waals surface area contributed by atoms with E-state index in [2.05, 4.69) is 25.6 Å². The summed E-state index contributed by atoms with van der Waals surface area (Å²) in [5.41, 5.74) is 5.21. The second kappa shape index (κ2) is 9.97. The van der Waals surface area contributed by atoms with Crippen molar-refractivity contribution in [1.29, 1.82) is 0 Å². The Labute approximate surface area is 178 Å². The van der Waals surface area contributed by atoms with E-state index in [4.69, 9.17) is 16.3 Å². The van der Waals surface area contributed by atoms with E-state index >= 15 is 0 Å². The third-order valence-corrected chi connectivity index (χ3v) is 5.50. The van der Waals surface area contributed by atoms with Gasteiger partial charge in [0, 0.05) is 6.32 Å². The molecule has 0 fully saturated rings. The molecule has 0 spiro atoms. The second-order valence-corrected chi connectivity index (χ2v) is 7.62. The molecule has 0 saturated heterocycles. The monoisotopic (exact) mass is 408 g/mol. The zero-order valence-electron chi connectivity index (χ0n) is 16.6. The van der Waals surface area contributed by atoms with Crippen molar-refractivity contribution in [2.75, 3.05) is 0 Å². The van der Waals surface area contributed by atoms with Crippen LogP contribution in [0.25, 0.3) is 11.6 Å². The van der Waals surface area contributed by atoms with Crippen molar-refractivity contribution in [1.82, 2.24) is 0 Å². The molecule has 0 aliphatic carbocycles. The molecule has 3 rings (SSSR count). The summed E-state index contributed by atoms with van der Waals surface area (Å²) in [6.45, 7) is 6.24. The van der Waals surface area contributed by atoms with Crippen LogP contribution >= 0.6 is 11.6 Å². The molecule has 0 amide bonds. The van der Waals surface area contributed by atoms with Crippen LogP contribution in [0, 0.1) is 0 Å². The van der Waals surface area contributed by atoms with Crippen LogP contribution in [0.1, 0.15) is 37.3 Å². The first-order valence-electron chi connectivity index (χ1n) is 9.94. The van der Waals surface area contributed by atoms with Crippen molar-refractivity contribution in [2.24, 2.45) is 0 Å². The summed E-state index contributed by atoms with van der Waals surface area (Å²) in [4.78, 5) is 0. The fraction of sp³-hybridized carbons (Fsp3) is 0.250. The van der Waals surface area contributed by atoms with Crippen LogP contribution in [0.2, 0.25) is 11.3 Å². The Morgan fingerprint density at radius 2 is 2.03 bits per heavy atom. The highest BCUT2D eigenvalue weighted by Crippen LogP contribution is 2.32. The third-order valence-electron chi connectivity index (χ3n) is 5.18. The Morgan fingerprint density at radius 1 is 1.28 bits per heavy atom. The summed E-state index contributed by atoms with van der Waals surface area (Å²) in [5, 5.41) is 20.1. The van der Waals surface area contributed by atoms with Crippen LogP contribution in [-0.4, -0.2) is 23.4 Å². The summed E-state index contributed by atoms with van der Waals surface area (Å²) in [5.74, 6) is 0.144. The standard InChI is InChI=1S/C24H26BClO3/c1-3-17(2)22-13-14-25(28)29-24(22)12-10-19(18-7-5-4-6-8-18)15-20-9-11-21(27)16-23(20)26/h4-9,11,13,15-16,24,27-28H,2-3,10,12,14H2,1H3/b19-15-. The maximum Gasteiger partial charge on any atom is 0.458 e. The van der Waals surface area contributed by atoms with Crippen molar-refractivity contribution in [3.8, 4) is 5.75 Å². The van der Waals surface area contributed by atoms with Crippen LogP contribution < -0.4 is 0 Å². The van der Waals surface area contributed by atoms with E-state index in [1.807, 2.05) is 36.4 Å².